The van der Waals surface area contributed by atoms with Crippen molar-refractivity contribution >= 4 is 17.3 Å². The molecule has 0 saturated heterocycles. The Morgan fingerprint density at radius 2 is 1.90 bits per heavy atom. The zero-order valence-corrected chi connectivity index (χ0v) is 16.9. The molecule has 0 atom stereocenters. The summed E-state index contributed by atoms with van der Waals surface area (Å²) >= 11 is 0. The minimum absolute atomic E-state index is 0.215. The van der Waals surface area contributed by atoms with Crippen molar-refractivity contribution in [1.82, 2.24) is 10.3 Å². The molecule has 6 nitrogen and oxygen atoms in total. The molecule has 3 aromatic rings. The van der Waals surface area contributed by atoms with Gasteiger partial charge in [0.2, 0.25) is 0 Å². The summed E-state index contributed by atoms with van der Waals surface area (Å²) in [5.41, 5.74) is 4.16. The predicted molar refractivity (Wildman–Crippen MR) is 114 cm³/mol. The summed E-state index contributed by atoms with van der Waals surface area (Å²) in [5, 5.41) is 6.21. The second kappa shape index (κ2) is 9.59. The van der Waals surface area contributed by atoms with E-state index in [9.17, 15) is 4.79 Å². The molecule has 1 aromatic heterocycles. The lowest BCUT2D eigenvalue weighted by Crippen LogP contribution is -2.26. The summed E-state index contributed by atoms with van der Waals surface area (Å²) in [6.45, 7) is 2.52. The second-order valence-corrected chi connectivity index (χ2v) is 6.62. The molecule has 0 bridgehead atoms. The third-order valence-electron chi connectivity index (χ3n) is 4.46. The summed E-state index contributed by atoms with van der Waals surface area (Å²) < 4.78 is 10.6. The number of hydrogen-bond acceptors (Lipinski definition) is 5. The number of nitrogens with one attached hydrogen (secondary N) is 2. The smallest absolute Gasteiger partial charge is 0.269 e. The average Bonchev–Trinajstić information content (AvgIpc) is 2.74. The van der Waals surface area contributed by atoms with Crippen LogP contribution < -0.4 is 20.1 Å². The van der Waals surface area contributed by atoms with E-state index < -0.39 is 0 Å². The summed E-state index contributed by atoms with van der Waals surface area (Å²) in [5.74, 6) is 1.32. The molecule has 3 rings (SSSR count). The number of ether oxygens (including phenoxy) is 2. The summed E-state index contributed by atoms with van der Waals surface area (Å²) in [6, 6.07) is 17.2. The Balaban J connectivity index is 1.63. The van der Waals surface area contributed by atoms with Gasteiger partial charge in [-0.05, 0) is 60.9 Å². The van der Waals surface area contributed by atoms with Gasteiger partial charge in [0.1, 0.15) is 17.2 Å². The highest BCUT2D eigenvalue weighted by Gasteiger charge is 2.09. The van der Waals surface area contributed by atoms with Crippen LogP contribution in [0.4, 0.5) is 11.4 Å². The lowest BCUT2D eigenvalue weighted by Gasteiger charge is -2.13. The number of aromatic nitrogens is 1. The molecule has 1 heterocycles. The van der Waals surface area contributed by atoms with Gasteiger partial charge in [0, 0.05) is 18.4 Å². The highest BCUT2D eigenvalue weighted by molar-refractivity contribution is 5.93. The number of carbonyl (C=O) groups excluding carboxylic acids is 1. The molecule has 0 aliphatic rings. The Morgan fingerprint density at radius 3 is 2.69 bits per heavy atom. The van der Waals surface area contributed by atoms with Crippen molar-refractivity contribution in [2.45, 2.75) is 13.3 Å². The zero-order chi connectivity index (χ0) is 20.6. The van der Waals surface area contributed by atoms with Crippen molar-refractivity contribution in [2.24, 2.45) is 0 Å². The molecule has 2 aromatic carbocycles. The van der Waals surface area contributed by atoms with Crippen molar-refractivity contribution in [2.75, 3.05) is 26.1 Å². The number of methoxy groups -OCH3 is 2. The number of carbonyl (C=O) groups is 1. The summed E-state index contributed by atoms with van der Waals surface area (Å²) in [7, 11) is 3.27. The zero-order valence-electron chi connectivity index (χ0n) is 16.9. The molecule has 6 heteroatoms. The maximum atomic E-state index is 12.5. The molecular weight excluding hydrogens is 366 g/mol. The molecular formula is C23H25N3O3. The van der Waals surface area contributed by atoms with Crippen LogP contribution in [-0.2, 0) is 6.42 Å². The first-order chi connectivity index (χ1) is 14.1. The minimum Gasteiger partial charge on any atom is -0.497 e. The number of hydrogen-bond donors (Lipinski definition) is 2. The van der Waals surface area contributed by atoms with E-state index in [1.807, 2.05) is 55.5 Å². The summed E-state index contributed by atoms with van der Waals surface area (Å²) in [4.78, 5) is 16.7. The second-order valence-electron chi connectivity index (χ2n) is 6.62. The maximum Gasteiger partial charge on any atom is 0.269 e. The van der Waals surface area contributed by atoms with Crippen LogP contribution in [0.1, 0.15) is 21.6 Å². The monoisotopic (exact) mass is 391 g/mol. The summed E-state index contributed by atoms with van der Waals surface area (Å²) in [6.07, 6.45) is 2.32. The average molecular weight is 391 g/mol. The first kappa shape index (κ1) is 20.2. The number of aryl methyl sites for hydroxylation is 1. The van der Waals surface area contributed by atoms with Gasteiger partial charge < -0.3 is 20.1 Å². The van der Waals surface area contributed by atoms with Crippen LogP contribution in [0.3, 0.4) is 0 Å². The third-order valence-corrected chi connectivity index (χ3v) is 4.46. The van der Waals surface area contributed by atoms with Crippen molar-refractivity contribution in [1.29, 1.82) is 0 Å². The number of anilines is 2. The largest absolute Gasteiger partial charge is 0.497 e. The molecule has 0 fully saturated rings. The van der Waals surface area contributed by atoms with Gasteiger partial charge in [0.15, 0.2) is 0 Å². The molecule has 150 valence electrons. The Hall–Kier alpha value is -3.54. The van der Waals surface area contributed by atoms with E-state index in [2.05, 4.69) is 15.6 Å². The standard InChI is InChI=1S/C23H25N3O3/c1-16-7-8-22(29-3)20(13-16)26-18-10-12-24-21(15-18)23(27)25-11-9-17-5-4-6-19(14-17)28-2/h4-8,10,12-15H,9,11H2,1-3H3,(H,24,26)(H,25,27). The lowest BCUT2D eigenvalue weighted by atomic mass is 10.1. The Labute approximate surface area is 170 Å². The number of rotatable bonds is 8. The van der Waals surface area contributed by atoms with Crippen LogP contribution in [-0.4, -0.2) is 31.7 Å². The van der Waals surface area contributed by atoms with Gasteiger partial charge in [0.25, 0.3) is 5.91 Å². The molecule has 0 unspecified atom stereocenters. The fraction of sp³-hybridized carbons (Fsp3) is 0.217. The van der Waals surface area contributed by atoms with Crippen molar-refractivity contribution in [3.8, 4) is 11.5 Å². The molecule has 1 amide bonds. The van der Waals surface area contributed by atoms with E-state index in [4.69, 9.17) is 9.47 Å². The van der Waals surface area contributed by atoms with Crippen LogP contribution in [0.5, 0.6) is 11.5 Å². The molecule has 2 N–H and O–H groups in total. The van der Waals surface area contributed by atoms with E-state index in [0.717, 1.165) is 34.0 Å². The predicted octanol–water partition coefficient (Wildman–Crippen LogP) is 4.12. The normalized spacial score (nSPS) is 10.3. The van der Waals surface area contributed by atoms with Gasteiger partial charge >= 0.3 is 0 Å². The van der Waals surface area contributed by atoms with E-state index in [1.54, 1.807) is 26.5 Å². The maximum absolute atomic E-state index is 12.5. The molecule has 0 saturated carbocycles. The number of benzene rings is 2. The number of amides is 1. The van der Waals surface area contributed by atoms with Crippen LogP contribution in [0, 0.1) is 6.92 Å². The van der Waals surface area contributed by atoms with Crippen molar-refractivity contribution in [3.05, 3.63) is 77.6 Å². The quantitative estimate of drug-likeness (QED) is 0.604. The highest BCUT2D eigenvalue weighted by atomic mass is 16.5. The SMILES string of the molecule is COc1cccc(CCNC(=O)c2cc(Nc3cc(C)ccc3OC)ccn2)c1. The van der Waals surface area contributed by atoms with Gasteiger partial charge in [-0.25, -0.2) is 0 Å². The fourth-order valence-electron chi connectivity index (χ4n) is 2.95. The number of nitrogens with zero attached hydrogens (tertiary/aromatic N) is 1. The van der Waals surface area contributed by atoms with E-state index in [-0.39, 0.29) is 5.91 Å². The first-order valence-corrected chi connectivity index (χ1v) is 9.38. The van der Waals surface area contributed by atoms with E-state index in [1.165, 1.54) is 0 Å². The Bertz CT molecular complexity index is 989. The molecule has 0 radical (unpaired) electrons. The van der Waals surface area contributed by atoms with Crippen LogP contribution in [0.25, 0.3) is 0 Å². The molecule has 0 aliphatic heterocycles. The Morgan fingerprint density at radius 1 is 1.03 bits per heavy atom. The fourth-order valence-corrected chi connectivity index (χ4v) is 2.95. The van der Waals surface area contributed by atoms with Crippen LogP contribution in [0.15, 0.2) is 60.8 Å². The van der Waals surface area contributed by atoms with Gasteiger partial charge in [-0.3, -0.25) is 9.78 Å². The van der Waals surface area contributed by atoms with E-state index in [0.29, 0.717) is 18.7 Å². The highest BCUT2D eigenvalue weighted by Crippen LogP contribution is 2.28. The lowest BCUT2D eigenvalue weighted by molar-refractivity contribution is 0.0949. The van der Waals surface area contributed by atoms with Gasteiger partial charge in [0.05, 0.1) is 19.9 Å². The minimum atomic E-state index is -0.215. The topological polar surface area (TPSA) is 72.5 Å². The first-order valence-electron chi connectivity index (χ1n) is 9.38. The van der Waals surface area contributed by atoms with Crippen molar-refractivity contribution in [3.63, 3.8) is 0 Å². The Kier molecular flexibility index (Phi) is 6.68. The van der Waals surface area contributed by atoms with Crippen LogP contribution in [0.2, 0.25) is 0 Å². The van der Waals surface area contributed by atoms with Crippen LogP contribution >= 0.6 is 0 Å². The van der Waals surface area contributed by atoms with Gasteiger partial charge in [-0.15, -0.1) is 0 Å². The molecule has 0 aliphatic carbocycles. The third kappa shape index (κ3) is 5.48. The molecule has 29 heavy (non-hydrogen) atoms. The van der Waals surface area contributed by atoms with E-state index >= 15 is 0 Å². The van der Waals surface area contributed by atoms with Gasteiger partial charge in [-0.1, -0.05) is 18.2 Å². The molecule has 0 spiro atoms. The van der Waals surface area contributed by atoms with Crippen molar-refractivity contribution < 1.29 is 14.3 Å². The van der Waals surface area contributed by atoms with Gasteiger partial charge in [-0.2, -0.15) is 0 Å². The number of pyridine rings is 1.